The molecule has 0 bridgehead atoms. The highest BCUT2D eigenvalue weighted by Crippen LogP contribution is 2.33. The number of hydrogen-bond donors (Lipinski definition) is 0. The van der Waals surface area contributed by atoms with Gasteiger partial charge < -0.3 is 0 Å². The molecule has 0 fully saturated rings. The first-order valence-electron chi connectivity index (χ1n) is 17.7. The Bertz CT molecular complexity index is 2990. The standard InChI is InChI=1S/C47H31N7/c1-3-4-32(8-5-29(2)26-48)40-19-15-34-11-13-36-17-21-42(53-46(36)44(34)51-40)38-23-31(28-50)24-39(25-38)43-22-18-37-14-12-35-16-20-41(52-45(35)47(37)54-43)33-9-6-30(27-49)7-10-33/h5-25H,3-4H2,1-2H3/b29-5+,32-8+. The zero-order chi connectivity index (χ0) is 37.2. The predicted octanol–water partition coefficient (Wildman–Crippen LogP) is 11.3. The minimum Gasteiger partial charge on any atom is -0.246 e. The summed E-state index contributed by atoms with van der Waals surface area (Å²) < 4.78 is 0. The van der Waals surface area contributed by atoms with Crippen LogP contribution in [0.25, 0.3) is 83.0 Å². The van der Waals surface area contributed by atoms with Gasteiger partial charge in [-0.15, -0.1) is 0 Å². The molecule has 8 aromatic rings. The van der Waals surface area contributed by atoms with Crippen molar-refractivity contribution in [2.24, 2.45) is 0 Å². The molecule has 0 saturated heterocycles. The molecule has 0 amide bonds. The molecular weight excluding hydrogens is 663 g/mol. The van der Waals surface area contributed by atoms with E-state index in [2.05, 4.69) is 43.3 Å². The summed E-state index contributed by atoms with van der Waals surface area (Å²) >= 11 is 0. The number of nitrogens with zero attached hydrogens (tertiary/aromatic N) is 7. The molecule has 0 atom stereocenters. The maximum atomic E-state index is 10.1. The number of hydrogen-bond acceptors (Lipinski definition) is 7. The molecule has 7 heteroatoms. The highest BCUT2D eigenvalue weighted by atomic mass is 14.8. The van der Waals surface area contributed by atoms with Gasteiger partial charge >= 0.3 is 0 Å². The molecule has 54 heavy (non-hydrogen) atoms. The van der Waals surface area contributed by atoms with Crippen LogP contribution in [0, 0.1) is 34.0 Å². The van der Waals surface area contributed by atoms with Gasteiger partial charge in [0.1, 0.15) is 0 Å². The maximum Gasteiger partial charge on any atom is 0.0992 e. The lowest BCUT2D eigenvalue weighted by atomic mass is 9.99. The first-order valence-corrected chi connectivity index (χ1v) is 17.7. The minimum absolute atomic E-state index is 0.499. The molecule has 0 aliphatic rings. The van der Waals surface area contributed by atoms with Crippen molar-refractivity contribution in [1.82, 2.24) is 19.9 Å². The fourth-order valence-corrected chi connectivity index (χ4v) is 6.73. The van der Waals surface area contributed by atoms with Crippen molar-refractivity contribution >= 4 is 49.2 Å². The van der Waals surface area contributed by atoms with Crippen LogP contribution < -0.4 is 0 Å². The van der Waals surface area contributed by atoms with Crippen LogP contribution in [0.15, 0.2) is 133 Å². The number of benzene rings is 4. The van der Waals surface area contributed by atoms with Gasteiger partial charge in [0.15, 0.2) is 0 Å². The average Bonchev–Trinajstić information content (AvgIpc) is 3.23. The van der Waals surface area contributed by atoms with Crippen LogP contribution in [0.5, 0.6) is 0 Å². The molecular formula is C47H31N7. The lowest BCUT2D eigenvalue weighted by Gasteiger charge is -2.11. The van der Waals surface area contributed by atoms with Gasteiger partial charge in [0.25, 0.3) is 0 Å². The third kappa shape index (κ3) is 6.41. The molecule has 254 valence electrons. The number of allylic oxidation sites excluding steroid dienone is 4. The van der Waals surface area contributed by atoms with Crippen molar-refractivity contribution in [3.8, 4) is 52.0 Å². The third-order valence-electron chi connectivity index (χ3n) is 9.56. The fraction of sp³-hybridized carbons (Fsp3) is 0.0851. The highest BCUT2D eigenvalue weighted by Gasteiger charge is 2.14. The van der Waals surface area contributed by atoms with Crippen LogP contribution in [-0.4, -0.2) is 19.9 Å². The molecule has 0 N–H and O–H groups in total. The van der Waals surface area contributed by atoms with E-state index >= 15 is 0 Å². The van der Waals surface area contributed by atoms with E-state index in [1.807, 2.05) is 97.1 Å². The van der Waals surface area contributed by atoms with Crippen molar-refractivity contribution < 1.29 is 0 Å². The minimum atomic E-state index is 0.499. The Balaban J connectivity index is 1.24. The summed E-state index contributed by atoms with van der Waals surface area (Å²) in [6.45, 7) is 3.93. The number of pyridine rings is 4. The smallest absolute Gasteiger partial charge is 0.0992 e. The van der Waals surface area contributed by atoms with Crippen LogP contribution in [0.4, 0.5) is 0 Å². The Labute approximate surface area is 312 Å². The highest BCUT2D eigenvalue weighted by molar-refractivity contribution is 6.05. The van der Waals surface area contributed by atoms with Crippen molar-refractivity contribution in [2.75, 3.05) is 0 Å². The first kappa shape index (κ1) is 33.6. The number of rotatable bonds is 7. The van der Waals surface area contributed by atoms with Crippen LogP contribution in [0.1, 0.15) is 43.5 Å². The van der Waals surface area contributed by atoms with Crippen molar-refractivity contribution in [1.29, 1.82) is 15.8 Å². The van der Waals surface area contributed by atoms with E-state index in [1.54, 1.807) is 19.1 Å². The zero-order valence-corrected chi connectivity index (χ0v) is 29.7. The molecule has 0 radical (unpaired) electrons. The van der Waals surface area contributed by atoms with Crippen molar-refractivity contribution in [2.45, 2.75) is 26.7 Å². The lowest BCUT2D eigenvalue weighted by Crippen LogP contribution is -1.94. The number of aromatic nitrogens is 4. The first-order chi connectivity index (χ1) is 26.4. The summed E-state index contributed by atoms with van der Waals surface area (Å²) in [5.41, 5.74) is 11.5. The summed E-state index contributed by atoms with van der Waals surface area (Å²) in [5.74, 6) is 0. The molecule has 0 aliphatic heterocycles. The van der Waals surface area contributed by atoms with E-state index in [1.165, 1.54) is 0 Å². The number of nitriles is 3. The van der Waals surface area contributed by atoms with Gasteiger partial charge in [0, 0.05) is 43.8 Å². The summed E-state index contributed by atoms with van der Waals surface area (Å²) in [6, 6.07) is 44.2. The quantitative estimate of drug-likeness (QED) is 0.0924. The van der Waals surface area contributed by atoms with Gasteiger partial charge in [0.05, 0.1) is 74.2 Å². The fourth-order valence-electron chi connectivity index (χ4n) is 6.73. The van der Waals surface area contributed by atoms with Gasteiger partial charge in [-0.05, 0) is 79.6 Å². The predicted molar refractivity (Wildman–Crippen MR) is 216 cm³/mol. The van der Waals surface area contributed by atoms with Crippen LogP contribution in [-0.2, 0) is 0 Å². The molecule has 8 rings (SSSR count). The van der Waals surface area contributed by atoms with E-state index in [-0.39, 0.29) is 0 Å². The Hall–Kier alpha value is -7.53. The maximum absolute atomic E-state index is 10.1. The van der Waals surface area contributed by atoms with E-state index in [9.17, 15) is 15.8 Å². The van der Waals surface area contributed by atoms with Crippen molar-refractivity contribution in [3.63, 3.8) is 0 Å². The molecule has 4 aromatic heterocycles. The second-order valence-corrected chi connectivity index (χ2v) is 13.2. The Morgan fingerprint density at radius 1 is 0.519 bits per heavy atom. The number of fused-ring (bicyclic) bond motifs is 6. The monoisotopic (exact) mass is 693 g/mol. The molecule has 4 aromatic carbocycles. The second-order valence-electron chi connectivity index (χ2n) is 13.2. The molecule has 0 spiro atoms. The SMILES string of the molecule is CCC/C(=C\C=C(/C)C#N)c1ccc2ccc3ccc(-c4cc(C#N)cc(-c5ccc6ccc7ccc(-c8ccc(C#N)cc8)nc7c6n5)c4)nc3c2n1. The topological polar surface area (TPSA) is 123 Å². The van der Waals surface area contributed by atoms with Gasteiger partial charge in [-0.2, -0.15) is 15.8 Å². The van der Waals surface area contributed by atoms with E-state index in [0.29, 0.717) is 22.4 Å². The Kier molecular flexibility index (Phi) is 8.86. The summed E-state index contributed by atoms with van der Waals surface area (Å²) in [6.07, 6.45) is 5.60. The summed E-state index contributed by atoms with van der Waals surface area (Å²) in [7, 11) is 0. The van der Waals surface area contributed by atoms with Gasteiger partial charge in [-0.3, -0.25) is 0 Å². The normalized spacial score (nSPS) is 11.8. The molecule has 7 nitrogen and oxygen atoms in total. The largest absolute Gasteiger partial charge is 0.246 e. The van der Waals surface area contributed by atoms with E-state index in [0.717, 1.165) is 95.8 Å². The second kappa shape index (κ2) is 14.2. The average molecular weight is 694 g/mol. The lowest BCUT2D eigenvalue weighted by molar-refractivity contribution is 0.967. The summed E-state index contributed by atoms with van der Waals surface area (Å²) in [5, 5.41) is 32.5. The van der Waals surface area contributed by atoms with Crippen LogP contribution in [0.2, 0.25) is 0 Å². The molecule has 0 saturated carbocycles. The van der Waals surface area contributed by atoms with Gasteiger partial charge in [0.2, 0.25) is 0 Å². The Morgan fingerprint density at radius 3 is 1.46 bits per heavy atom. The van der Waals surface area contributed by atoms with E-state index < -0.39 is 0 Å². The molecule has 0 unspecified atom stereocenters. The van der Waals surface area contributed by atoms with Gasteiger partial charge in [-0.25, -0.2) is 19.9 Å². The van der Waals surface area contributed by atoms with Gasteiger partial charge in [-0.1, -0.05) is 80.1 Å². The van der Waals surface area contributed by atoms with Crippen LogP contribution >= 0.6 is 0 Å². The molecule has 4 heterocycles. The van der Waals surface area contributed by atoms with Crippen LogP contribution in [0.3, 0.4) is 0 Å². The van der Waals surface area contributed by atoms with E-state index in [4.69, 9.17) is 19.9 Å². The van der Waals surface area contributed by atoms with Crippen molar-refractivity contribution in [3.05, 3.63) is 150 Å². The summed E-state index contributed by atoms with van der Waals surface area (Å²) in [4.78, 5) is 20.5. The third-order valence-corrected chi connectivity index (χ3v) is 9.56. The Morgan fingerprint density at radius 2 is 0.981 bits per heavy atom. The molecule has 0 aliphatic carbocycles. The zero-order valence-electron chi connectivity index (χ0n) is 29.7.